The number of hydrogen-bond donors (Lipinski definition) is 0. The lowest BCUT2D eigenvalue weighted by Crippen LogP contribution is -2.36. The number of thioether (sulfide) groups is 1. The number of rotatable bonds is 5. The molecule has 1 aromatic heterocycles. The predicted molar refractivity (Wildman–Crippen MR) is 82.8 cm³/mol. The summed E-state index contributed by atoms with van der Waals surface area (Å²) in [5.41, 5.74) is 0.910. The molecular formula is C15H19N3OS. The molecule has 0 bridgehead atoms. The summed E-state index contributed by atoms with van der Waals surface area (Å²) in [6.07, 6.45) is 1.55. The van der Waals surface area contributed by atoms with Gasteiger partial charge in [-0.15, -0.1) is 0 Å². The molecule has 1 amide bonds. The van der Waals surface area contributed by atoms with Gasteiger partial charge in [0.2, 0.25) is 5.91 Å². The molecule has 0 saturated heterocycles. The number of nitrogens with zero attached hydrogens (tertiary/aromatic N) is 3. The number of benzene rings is 1. The zero-order valence-electron chi connectivity index (χ0n) is 12.0. The molecule has 106 valence electrons. The Hall–Kier alpha value is -1.62. The fourth-order valence-corrected chi connectivity index (χ4v) is 3.08. The first-order valence-electron chi connectivity index (χ1n) is 6.82. The Morgan fingerprint density at radius 3 is 2.65 bits per heavy atom. The Morgan fingerprint density at radius 2 is 1.95 bits per heavy atom. The topological polar surface area (TPSA) is 46.1 Å². The maximum atomic E-state index is 12.3. The van der Waals surface area contributed by atoms with Gasteiger partial charge in [0.05, 0.1) is 10.8 Å². The first-order valence-corrected chi connectivity index (χ1v) is 7.70. The maximum Gasteiger partial charge on any atom is 0.235 e. The van der Waals surface area contributed by atoms with Gasteiger partial charge in [-0.3, -0.25) is 4.79 Å². The van der Waals surface area contributed by atoms with E-state index in [2.05, 4.69) is 9.97 Å². The molecule has 0 fully saturated rings. The molecule has 0 saturated carbocycles. The molecule has 0 spiro atoms. The molecule has 1 aromatic carbocycles. The lowest BCUT2D eigenvalue weighted by Gasteiger charge is -2.22. The molecule has 0 radical (unpaired) electrons. The SMILES string of the molecule is CCN(CC)C(=O)C(C)Sc1ncnc2ccccc12. The molecule has 1 unspecified atom stereocenters. The monoisotopic (exact) mass is 289 g/mol. The summed E-state index contributed by atoms with van der Waals surface area (Å²) in [5.74, 6) is 0.155. The highest BCUT2D eigenvalue weighted by atomic mass is 32.2. The summed E-state index contributed by atoms with van der Waals surface area (Å²) in [4.78, 5) is 22.7. The van der Waals surface area contributed by atoms with Gasteiger partial charge >= 0.3 is 0 Å². The Balaban J connectivity index is 2.22. The molecule has 1 heterocycles. The maximum absolute atomic E-state index is 12.3. The molecule has 0 N–H and O–H groups in total. The Kier molecular flexibility index (Phi) is 4.95. The minimum atomic E-state index is -0.145. The van der Waals surface area contributed by atoms with E-state index in [0.29, 0.717) is 0 Å². The third-order valence-corrected chi connectivity index (χ3v) is 4.32. The molecule has 5 heteroatoms. The standard InChI is InChI=1S/C15H19N3OS/c1-4-18(5-2)15(19)11(3)20-14-12-8-6-7-9-13(12)16-10-17-14/h6-11H,4-5H2,1-3H3. The summed E-state index contributed by atoms with van der Waals surface area (Å²) >= 11 is 1.50. The fraction of sp³-hybridized carbons (Fsp3) is 0.400. The van der Waals surface area contributed by atoms with Gasteiger partial charge in [-0.2, -0.15) is 0 Å². The molecule has 0 aliphatic heterocycles. The van der Waals surface area contributed by atoms with Crippen LogP contribution in [0, 0.1) is 0 Å². The quantitative estimate of drug-likeness (QED) is 0.627. The van der Waals surface area contributed by atoms with Crippen LogP contribution < -0.4 is 0 Å². The molecule has 2 rings (SSSR count). The molecule has 0 aliphatic rings. The van der Waals surface area contributed by atoms with Crippen molar-refractivity contribution in [2.75, 3.05) is 13.1 Å². The molecule has 1 atom stereocenters. The van der Waals surface area contributed by atoms with Crippen molar-refractivity contribution >= 4 is 28.6 Å². The van der Waals surface area contributed by atoms with E-state index in [-0.39, 0.29) is 11.2 Å². The normalized spacial score (nSPS) is 12.3. The molecule has 2 aromatic rings. The van der Waals surface area contributed by atoms with E-state index < -0.39 is 0 Å². The molecule has 0 aliphatic carbocycles. The molecular weight excluding hydrogens is 270 g/mol. The van der Waals surface area contributed by atoms with E-state index in [0.717, 1.165) is 29.0 Å². The number of fused-ring (bicyclic) bond motifs is 1. The zero-order valence-corrected chi connectivity index (χ0v) is 12.9. The second-order valence-electron chi connectivity index (χ2n) is 4.47. The van der Waals surface area contributed by atoms with Crippen molar-refractivity contribution in [2.45, 2.75) is 31.0 Å². The van der Waals surface area contributed by atoms with Crippen LogP contribution in [0.5, 0.6) is 0 Å². The largest absolute Gasteiger partial charge is 0.342 e. The summed E-state index contributed by atoms with van der Waals surface area (Å²) < 4.78 is 0. The second kappa shape index (κ2) is 6.70. The van der Waals surface area contributed by atoms with Crippen molar-refractivity contribution < 1.29 is 4.79 Å². The molecule has 20 heavy (non-hydrogen) atoms. The van der Waals surface area contributed by atoms with Crippen LogP contribution in [0.4, 0.5) is 0 Å². The fourth-order valence-electron chi connectivity index (χ4n) is 2.08. The minimum Gasteiger partial charge on any atom is -0.342 e. The van der Waals surface area contributed by atoms with E-state index in [1.165, 1.54) is 11.8 Å². The van der Waals surface area contributed by atoms with Crippen LogP contribution >= 0.6 is 11.8 Å². The van der Waals surface area contributed by atoms with E-state index in [4.69, 9.17) is 0 Å². The van der Waals surface area contributed by atoms with Crippen molar-refractivity contribution in [3.05, 3.63) is 30.6 Å². The number of carbonyl (C=O) groups is 1. The van der Waals surface area contributed by atoms with E-state index in [9.17, 15) is 4.79 Å². The van der Waals surface area contributed by atoms with Crippen molar-refractivity contribution in [3.63, 3.8) is 0 Å². The van der Waals surface area contributed by atoms with Gasteiger partial charge in [0, 0.05) is 18.5 Å². The van der Waals surface area contributed by atoms with Crippen LogP contribution in [0.2, 0.25) is 0 Å². The van der Waals surface area contributed by atoms with Gasteiger partial charge in [-0.1, -0.05) is 30.0 Å². The first-order chi connectivity index (χ1) is 9.67. The summed E-state index contributed by atoms with van der Waals surface area (Å²) in [6, 6.07) is 7.87. The lowest BCUT2D eigenvalue weighted by atomic mass is 10.2. The van der Waals surface area contributed by atoms with Crippen molar-refractivity contribution in [1.82, 2.24) is 14.9 Å². The van der Waals surface area contributed by atoms with Gasteiger partial charge in [0.25, 0.3) is 0 Å². The van der Waals surface area contributed by atoms with Gasteiger partial charge in [-0.25, -0.2) is 9.97 Å². The Bertz CT molecular complexity index is 593. The van der Waals surface area contributed by atoms with E-state index in [1.807, 2.05) is 49.9 Å². The number of para-hydroxylation sites is 1. The first kappa shape index (κ1) is 14.8. The van der Waals surface area contributed by atoms with Gasteiger partial charge in [0.1, 0.15) is 11.4 Å². The van der Waals surface area contributed by atoms with Crippen LogP contribution in [0.25, 0.3) is 10.9 Å². The van der Waals surface area contributed by atoms with Crippen molar-refractivity contribution in [2.24, 2.45) is 0 Å². The highest BCUT2D eigenvalue weighted by Crippen LogP contribution is 2.28. The summed E-state index contributed by atoms with van der Waals surface area (Å²) in [7, 11) is 0. The average molecular weight is 289 g/mol. The number of carbonyl (C=O) groups excluding carboxylic acids is 1. The third kappa shape index (κ3) is 3.10. The highest BCUT2D eigenvalue weighted by molar-refractivity contribution is 8.00. The van der Waals surface area contributed by atoms with Gasteiger partial charge < -0.3 is 4.90 Å². The van der Waals surface area contributed by atoms with Gasteiger partial charge in [0.15, 0.2) is 0 Å². The Morgan fingerprint density at radius 1 is 1.25 bits per heavy atom. The van der Waals surface area contributed by atoms with Crippen molar-refractivity contribution in [1.29, 1.82) is 0 Å². The number of hydrogen-bond acceptors (Lipinski definition) is 4. The Labute approximate surface area is 123 Å². The van der Waals surface area contributed by atoms with E-state index >= 15 is 0 Å². The second-order valence-corrected chi connectivity index (χ2v) is 5.80. The zero-order chi connectivity index (χ0) is 14.5. The van der Waals surface area contributed by atoms with E-state index in [1.54, 1.807) is 6.33 Å². The van der Waals surface area contributed by atoms with Crippen LogP contribution in [0.15, 0.2) is 35.6 Å². The average Bonchev–Trinajstić information content (AvgIpc) is 2.48. The summed E-state index contributed by atoms with van der Waals surface area (Å²) in [5, 5.41) is 1.72. The van der Waals surface area contributed by atoms with Crippen LogP contribution in [0.3, 0.4) is 0 Å². The third-order valence-electron chi connectivity index (χ3n) is 3.22. The summed E-state index contributed by atoms with van der Waals surface area (Å²) in [6.45, 7) is 7.41. The lowest BCUT2D eigenvalue weighted by molar-refractivity contribution is -0.129. The smallest absolute Gasteiger partial charge is 0.235 e. The van der Waals surface area contributed by atoms with Crippen LogP contribution in [0.1, 0.15) is 20.8 Å². The highest BCUT2D eigenvalue weighted by Gasteiger charge is 2.20. The number of aromatic nitrogens is 2. The predicted octanol–water partition coefficient (Wildman–Crippen LogP) is 2.98. The van der Waals surface area contributed by atoms with Gasteiger partial charge in [-0.05, 0) is 26.8 Å². The molecule has 4 nitrogen and oxygen atoms in total. The van der Waals surface area contributed by atoms with Crippen LogP contribution in [-0.4, -0.2) is 39.1 Å². The van der Waals surface area contributed by atoms with Crippen LogP contribution in [-0.2, 0) is 4.79 Å². The number of amides is 1. The van der Waals surface area contributed by atoms with Crippen molar-refractivity contribution in [3.8, 4) is 0 Å². The minimum absolute atomic E-state index is 0.145.